The highest BCUT2D eigenvalue weighted by Gasteiger charge is 2.68. The van der Waals surface area contributed by atoms with Crippen LogP contribution in [0, 0.1) is 23.7 Å². The summed E-state index contributed by atoms with van der Waals surface area (Å²) in [6.45, 7) is -0.414. The van der Waals surface area contributed by atoms with E-state index in [1.807, 2.05) is 0 Å². The fraction of sp³-hybridized carbons (Fsp3) is 0.500. The highest BCUT2D eigenvalue weighted by molar-refractivity contribution is 9.09. The molecule has 4 rings (SSSR count). The second-order valence-electron chi connectivity index (χ2n) is 6.82. The lowest BCUT2D eigenvalue weighted by atomic mass is 9.80. The molecule has 2 saturated carbocycles. The molecule has 26 heavy (non-hydrogen) atoms. The first-order valence-electron chi connectivity index (χ1n) is 8.45. The van der Waals surface area contributed by atoms with Crippen molar-refractivity contribution in [3.63, 3.8) is 0 Å². The summed E-state index contributed by atoms with van der Waals surface area (Å²) < 4.78 is 15.8. The van der Waals surface area contributed by atoms with Gasteiger partial charge < -0.3 is 19.5 Å². The second-order valence-corrected chi connectivity index (χ2v) is 7.87. The van der Waals surface area contributed by atoms with Gasteiger partial charge in [-0.25, -0.2) is 0 Å². The van der Waals surface area contributed by atoms with E-state index in [1.54, 1.807) is 24.3 Å². The predicted octanol–water partition coefficient (Wildman–Crippen LogP) is 1.75. The van der Waals surface area contributed by atoms with Crippen LogP contribution < -0.4 is 10.1 Å². The molecule has 8 heteroatoms. The monoisotopic (exact) mass is 423 g/mol. The van der Waals surface area contributed by atoms with Crippen LogP contribution in [0.25, 0.3) is 0 Å². The SMILES string of the molecule is COc1ccccc1NC(=O)COC(=O)[C@H]1[C@@H]2C[C@H]3[C@H](OC(=O)[C@@H]31)[C@@H]2Br. The maximum Gasteiger partial charge on any atom is 0.310 e. The number of carbonyl (C=O) groups is 3. The number of anilines is 1. The molecule has 3 fully saturated rings. The lowest BCUT2D eigenvalue weighted by Crippen LogP contribution is -2.39. The van der Waals surface area contributed by atoms with Crippen LogP contribution in [0.4, 0.5) is 5.69 Å². The van der Waals surface area contributed by atoms with E-state index < -0.39 is 30.3 Å². The van der Waals surface area contributed by atoms with Crippen molar-refractivity contribution in [2.24, 2.45) is 23.7 Å². The second kappa shape index (κ2) is 6.57. The quantitative estimate of drug-likeness (QED) is 0.572. The zero-order valence-corrected chi connectivity index (χ0v) is 15.6. The Morgan fingerprint density at radius 3 is 2.85 bits per heavy atom. The van der Waals surface area contributed by atoms with Crippen LogP contribution in [-0.4, -0.2) is 42.5 Å². The minimum atomic E-state index is -0.547. The van der Waals surface area contributed by atoms with Crippen LogP contribution in [0.5, 0.6) is 5.75 Å². The third kappa shape index (κ3) is 2.67. The topological polar surface area (TPSA) is 90.9 Å². The summed E-state index contributed by atoms with van der Waals surface area (Å²) in [6, 6.07) is 6.96. The van der Waals surface area contributed by atoms with E-state index in [4.69, 9.17) is 14.2 Å². The molecule has 0 unspecified atom stereocenters. The molecule has 1 saturated heterocycles. The van der Waals surface area contributed by atoms with Crippen molar-refractivity contribution < 1.29 is 28.6 Å². The number of fused-ring (bicyclic) bond motifs is 1. The van der Waals surface area contributed by atoms with E-state index in [0.717, 1.165) is 6.42 Å². The van der Waals surface area contributed by atoms with E-state index in [9.17, 15) is 14.4 Å². The molecule has 1 heterocycles. The smallest absolute Gasteiger partial charge is 0.310 e. The van der Waals surface area contributed by atoms with Crippen LogP contribution in [0.1, 0.15) is 6.42 Å². The summed E-state index contributed by atoms with van der Waals surface area (Å²) in [7, 11) is 1.50. The Bertz CT molecular complexity index is 768. The summed E-state index contributed by atoms with van der Waals surface area (Å²) in [5.74, 6) is -1.71. The molecule has 1 N–H and O–H groups in total. The number of para-hydroxylation sites is 2. The Kier molecular flexibility index (Phi) is 4.38. The van der Waals surface area contributed by atoms with E-state index in [-0.39, 0.29) is 28.7 Å². The van der Waals surface area contributed by atoms with Crippen LogP contribution in [0.2, 0.25) is 0 Å². The molecular weight excluding hydrogens is 406 g/mol. The molecule has 2 bridgehead atoms. The number of ether oxygens (including phenoxy) is 3. The summed E-state index contributed by atoms with van der Waals surface area (Å²) in [4.78, 5) is 36.7. The fourth-order valence-electron chi connectivity index (χ4n) is 4.46. The molecule has 1 aromatic carbocycles. The Balaban J connectivity index is 1.37. The summed E-state index contributed by atoms with van der Waals surface area (Å²) in [5.41, 5.74) is 0.499. The zero-order chi connectivity index (χ0) is 18.4. The number of carbonyl (C=O) groups excluding carboxylic acids is 3. The summed E-state index contributed by atoms with van der Waals surface area (Å²) in [6.07, 6.45) is 0.625. The third-order valence-corrected chi connectivity index (χ3v) is 6.72. The molecule has 0 spiro atoms. The van der Waals surface area contributed by atoms with E-state index >= 15 is 0 Å². The number of hydrogen-bond acceptors (Lipinski definition) is 6. The molecule has 6 atom stereocenters. The van der Waals surface area contributed by atoms with Gasteiger partial charge in [-0.3, -0.25) is 14.4 Å². The van der Waals surface area contributed by atoms with Crippen molar-refractivity contribution in [1.82, 2.24) is 0 Å². The number of nitrogens with one attached hydrogen (secondary N) is 1. The van der Waals surface area contributed by atoms with E-state index in [1.165, 1.54) is 7.11 Å². The number of halogens is 1. The number of hydrogen-bond donors (Lipinski definition) is 1. The molecule has 1 aromatic rings. The van der Waals surface area contributed by atoms with Gasteiger partial charge in [0.15, 0.2) is 6.61 Å². The standard InChI is InChI=1S/C18H18BrNO6/c1-24-11-5-3-2-4-10(11)20-12(21)7-25-17(22)13-8-6-9-14(13)18(23)26-16(9)15(8)19/h2-5,8-9,13-16H,6-7H2,1H3,(H,20,21)/t8-,9+,13-,14-,15+,16-/m0/s1. The van der Waals surface area contributed by atoms with Crippen molar-refractivity contribution >= 4 is 39.5 Å². The molecule has 1 aliphatic heterocycles. The molecule has 0 aromatic heterocycles. The predicted molar refractivity (Wildman–Crippen MR) is 93.8 cm³/mol. The molecule has 7 nitrogen and oxygen atoms in total. The number of alkyl halides is 1. The van der Waals surface area contributed by atoms with Gasteiger partial charge >= 0.3 is 11.9 Å². The average molecular weight is 424 g/mol. The van der Waals surface area contributed by atoms with Crippen LogP contribution in [0.15, 0.2) is 24.3 Å². The average Bonchev–Trinajstić information content (AvgIpc) is 3.24. The molecule has 1 amide bonds. The van der Waals surface area contributed by atoms with Crippen LogP contribution in [-0.2, 0) is 23.9 Å². The highest BCUT2D eigenvalue weighted by Crippen LogP contribution is 2.60. The van der Waals surface area contributed by atoms with Crippen molar-refractivity contribution in [2.45, 2.75) is 17.4 Å². The molecule has 2 aliphatic carbocycles. The first-order chi connectivity index (χ1) is 12.5. The minimum absolute atomic E-state index is 0.00577. The summed E-state index contributed by atoms with van der Waals surface area (Å²) in [5, 5.41) is 2.65. The Morgan fingerprint density at radius 2 is 2.08 bits per heavy atom. The molecule has 138 valence electrons. The lowest BCUT2D eigenvalue weighted by molar-refractivity contribution is -0.157. The Labute approximate surface area is 158 Å². The maximum absolute atomic E-state index is 12.5. The van der Waals surface area contributed by atoms with Crippen molar-refractivity contribution in [2.75, 3.05) is 19.0 Å². The lowest BCUT2D eigenvalue weighted by Gasteiger charge is -2.26. The highest BCUT2D eigenvalue weighted by atomic mass is 79.9. The number of rotatable bonds is 5. The van der Waals surface area contributed by atoms with Gasteiger partial charge in [-0.2, -0.15) is 0 Å². The molecule has 3 aliphatic rings. The van der Waals surface area contributed by atoms with E-state index in [2.05, 4.69) is 21.2 Å². The van der Waals surface area contributed by atoms with Gasteiger partial charge in [0, 0.05) is 5.92 Å². The zero-order valence-electron chi connectivity index (χ0n) is 14.0. The minimum Gasteiger partial charge on any atom is -0.495 e. The number of amides is 1. The van der Waals surface area contributed by atoms with Crippen molar-refractivity contribution in [1.29, 1.82) is 0 Å². The van der Waals surface area contributed by atoms with Crippen LogP contribution in [0.3, 0.4) is 0 Å². The fourth-order valence-corrected chi connectivity index (χ4v) is 5.51. The van der Waals surface area contributed by atoms with Gasteiger partial charge in [0.2, 0.25) is 0 Å². The van der Waals surface area contributed by atoms with Crippen LogP contribution >= 0.6 is 15.9 Å². The van der Waals surface area contributed by atoms with Gasteiger partial charge in [-0.05, 0) is 24.5 Å². The Hall–Kier alpha value is -2.09. The normalized spacial score (nSPS) is 33.7. The van der Waals surface area contributed by atoms with Gasteiger partial charge in [0.25, 0.3) is 5.91 Å². The first-order valence-corrected chi connectivity index (χ1v) is 9.37. The molecular formula is C18H18BrNO6. The van der Waals surface area contributed by atoms with E-state index in [0.29, 0.717) is 11.4 Å². The third-order valence-electron chi connectivity index (χ3n) is 5.52. The largest absolute Gasteiger partial charge is 0.495 e. The Morgan fingerprint density at radius 1 is 1.31 bits per heavy atom. The van der Waals surface area contributed by atoms with Gasteiger partial charge in [-0.1, -0.05) is 28.1 Å². The first kappa shape index (κ1) is 17.3. The molecule has 0 radical (unpaired) electrons. The number of esters is 2. The maximum atomic E-state index is 12.5. The van der Waals surface area contributed by atoms with Crippen molar-refractivity contribution in [3.8, 4) is 5.75 Å². The van der Waals surface area contributed by atoms with Gasteiger partial charge in [0.1, 0.15) is 11.9 Å². The summed E-state index contributed by atoms with van der Waals surface area (Å²) >= 11 is 3.55. The number of benzene rings is 1. The van der Waals surface area contributed by atoms with Gasteiger partial charge in [0.05, 0.1) is 29.5 Å². The van der Waals surface area contributed by atoms with Crippen molar-refractivity contribution in [3.05, 3.63) is 24.3 Å². The number of methoxy groups -OCH3 is 1. The van der Waals surface area contributed by atoms with Gasteiger partial charge in [-0.15, -0.1) is 0 Å².